The van der Waals surface area contributed by atoms with E-state index in [0.29, 0.717) is 12.2 Å². The SMILES string of the molecule is COC(=O)[C@]12SN(c3ccc(C#N)c(C(F)(F)F)c3)C[C@H]1[C@H]1C=C[C@@H]2C1. The third-order valence-electron chi connectivity index (χ3n) is 5.58. The van der Waals surface area contributed by atoms with Gasteiger partial charge < -0.3 is 9.04 Å². The topological polar surface area (TPSA) is 53.3 Å². The molecule has 0 amide bonds. The van der Waals surface area contributed by atoms with Crippen molar-refractivity contribution in [2.45, 2.75) is 17.3 Å². The molecule has 4 atom stereocenters. The molecule has 1 aromatic rings. The Labute approximate surface area is 152 Å². The molecule has 0 unspecified atom stereocenters. The summed E-state index contributed by atoms with van der Waals surface area (Å²) in [6.07, 6.45) is 0.388. The van der Waals surface area contributed by atoms with Gasteiger partial charge in [0.2, 0.25) is 0 Å². The van der Waals surface area contributed by atoms with Crippen molar-refractivity contribution >= 4 is 23.6 Å². The second-order valence-corrected chi connectivity index (χ2v) is 8.07. The molecular weight excluding hydrogens is 365 g/mol. The molecule has 26 heavy (non-hydrogen) atoms. The summed E-state index contributed by atoms with van der Waals surface area (Å²) in [4.78, 5) is 12.6. The van der Waals surface area contributed by atoms with Crippen LogP contribution < -0.4 is 4.31 Å². The van der Waals surface area contributed by atoms with Crippen LogP contribution >= 0.6 is 11.9 Å². The Bertz CT molecular complexity index is 848. The Morgan fingerprint density at radius 3 is 2.85 bits per heavy atom. The van der Waals surface area contributed by atoms with Gasteiger partial charge in [0.1, 0.15) is 4.75 Å². The molecule has 0 radical (unpaired) electrons. The summed E-state index contributed by atoms with van der Waals surface area (Å²) in [5.74, 6) is -0.0612. The van der Waals surface area contributed by atoms with Crippen LogP contribution in [-0.2, 0) is 15.7 Å². The Morgan fingerprint density at radius 2 is 2.19 bits per heavy atom. The summed E-state index contributed by atoms with van der Waals surface area (Å²) in [7, 11) is 1.34. The molecule has 2 bridgehead atoms. The number of ether oxygens (including phenoxy) is 1. The van der Waals surface area contributed by atoms with Gasteiger partial charge in [-0.2, -0.15) is 18.4 Å². The third-order valence-corrected chi connectivity index (χ3v) is 7.23. The largest absolute Gasteiger partial charge is 0.468 e. The molecule has 1 aromatic carbocycles. The summed E-state index contributed by atoms with van der Waals surface area (Å²) in [6.45, 7) is 0.467. The monoisotopic (exact) mass is 380 g/mol. The highest BCUT2D eigenvalue weighted by Crippen LogP contribution is 2.63. The minimum absolute atomic E-state index is 0.0000647. The highest BCUT2D eigenvalue weighted by molar-refractivity contribution is 8.03. The van der Waals surface area contributed by atoms with Crippen LogP contribution in [0.4, 0.5) is 18.9 Å². The molecule has 2 fully saturated rings. The van der Waals surface area contributed by atoms with Gasteiger partial charge >= 0.3 is 12.1 Å². The van der Waals surface area contributed by atoms with Crippen molar-refractivity contribution in [2.75, 3.05) is 18.0 Å². The third kappa shape index (κ3) is 2.26. The van der Waals surface area contributed by atoms with E-state index in [-0.39, 0.29) is 23.7 Å². The number of methoxy groups -OCH3 is 1. The quantitative estimate of drug-likeness (QED) is 0.444. The molecular formula is C18H15F3N2O2S. The summed E-state index contributed by atoms with van der Waals surface area (Å²) < 4.78 is 45.8. The molecule has 2 aliphatic carbocycles. The van der Waals surface area contributed by atoms with Gasteiger partial charge in [-0.05, 0) is 42.5 Å². The Morgan fingerprint density at radius 1 is 1.42 bits per heavy atom. The maximum absolute atomic E-state index is 13.3. The van der Waals surface area contributed by atoms with Crippen molar-refractivity contribution in [1.82, 2.24) is 0 Å². The maximum atomic E-state index is 13.3. The second kappa shape index (κ2) is 5.68. The van der Waals surface area contributed by atoms with Crippen molar-refractivity contribution in [3.8, 4) is 6.07 Å². The number of nitrogens with zero attached hydrogens (tertiary/aromatic N) is 2. The van der Waals surface area contributed by atoms with E-state index in [4.69, 9.17) is 10.00 Å². The summed E-state index contributed by atoms with van der Waals surface area (Å²) in [5.41, 5.74) is -1.02. The van der Waals surface area contributed by atoms with Crippen LogP contribution in [0.1, 0.15) is 17.5 Å². The average molecular weight is 380 g/mol. The van der Waals surface area contributed by atoms with Gasteiger partial charge in [-0.25, -0.2) is 0 Å². The van der Waals surface area contributed by atoms with E-state index in [1.54, 1.807) is 10.4 Å². The highest BCUT2D eigenvalue weighted by Gasteiger charge is 2.66. The molecule has 3 aliphatic rings. The first-order valence-electron chi connectivity index (χ1n) is 8.16. The number of fused-ring (bicyclic) bond motifs is 5. The van der Waals surface area contributed by atoms with E-state index < -0.39 is 22.1 Å². The van der Waals surface area contributed by atoms with Gasteiger partial charge in [0, 0.05) is 24.1 Å². The fraction of sp³-hybridized carbons (Fsp3) is 0.444. The first-order chi connectivity index (χ1) is 12.3. The highest BCUT2D eigenvalue weighted by atomic mass is 32.2. The zero-order valence-electron chi connectivity index (χ0n) is 13.8. The van der Waals surface area contributed by atoms with E-state index in [1.165, 1.54) is 31.2 Å². The van der Waals surface area contributed by atoms with Crippen LogP contribution in [-0.4, -0.2) is 24.4 Å². The molecule has 4 nitrogen and oxygen atoms in total. The number of carbonyl (C=O) groups excluding carboxylic acids is 1. The number of allylic oxidation sites excluding steroid dienone is 2. The lowest BCUT2D eigenvalue weighted by Gasteiger charge is -2.31. The predicted octanol–water partition coefficient (Wildman–Crippen LogP) is 3.78. The van der Waals surface area contributed by atoms with Crippen molar-refractivity contribution in [1.29, 1.82) is 5.26 Å². The van der Waals surface area contributed by atoms with Crippen LogP contribution in [0.3, 0.4) is 0 Å². The molecule has 8 heteroatoms. The van der Waals surface area contributed by atoms with E-state index in [9.17, 15) is 18.0 Å². The standard InChI is InChI=1S/C18H15F3N2O2S/c1-25-16(24)17-12-4-2-10(6-12)15(17)9-23(26-17)13-5-3-11(8-22)14(7-13)18(19,20)21/h2-5,7,10,12,15H,6,9H2,1H3/t10-,12+,15-,17+/m0/s1. The number of rotatable bonds is 2. The first kappa shape index (κ1) is 17.3. The van der Waals surface area contributed by atoms with E-state index >= 15 is 0 Å². The number of benzene rings is 1. The molecule has 136 valence electrons. The zero-order valence-corrected chi connectivity index (χ0v) is 14.6. The van der Waals surface area contributed by atoms with Crippen molar-refractivity contribution in [2.24, 2.45) is 17.8 Å². The van der Waals surface area contributed by atoms with Crippen LogP contribution in [0.2, 0.25) is 0 Å². The number of hydrogen-bond donors (Lipinski definition) is 0. The second-order valence-electron chi connectivity index (χ2n) is 6.77. The minimum Gasteiger partial charge on any atom is -0.468 e. The minimum atomic E-state index is -4.61. The zero-order chi connectivity index (χ0) is 18.7. The van der Waals surface area contributed by atoms with Gasteiger partial charge in [0.25, 0.3) is 0 Å². The average Bonchev–Trinajstić information content (AvgIpc) is 3.30. The Balaban J connectivity index is 1.72. The molecule has 0 N–H and O–H groups in total. The van der Waals surface area contributed by atoms with Crippen LogP contribution in [0.5, 0.6) is 0 Å². The summed E-state index contributed by atoms with van der Waals surface area (Å²) in [6, 6.07) is 5.27. The molecule has 0 spiro atoms. The van der Waals surface area contributed by atoms with Gasteiger partial charge in [-0.3, -0.25) is 4.79 Å². The van der Waals surface area contributed by atoms with Gasteiger partial charge in [-0.15, -0.1) is 0 Å². The fourth-order valence-corrected chi connectivity index (χ4v) is 6.09. The van der Waals surface area contributed by atoms with Crippen molar-refractivity contribution in [3.63, 3.8) is 0 Å². The number of alkyl halides is 3. The Kier molecular flexibility index (Phi) is 3.77. The lowest BCUT2D eigenvalue weighted by atomic mass is 9.82. The molecule has 1 saturated heterocycles. The van der Waals surface area contributed by atoms with Gasteiger partial charge in [0.05, 0.1) is 24.3 Å². The van der Waals surface area contributed by atoms with Gasteiger partial charge in [0.15, 0.2) is 0 Å². The molecule has 1 heterocycles. The number of nitriles is 1. The van der Waals surface area contributed by atoms with Crippen LogP contribution in [0.15, 0.2) is 30.4 Å². The smallest absolute Gasteiger partial charge is 0.417 e. The van der Waals surface area contributed by atoms with E-state index in [2.05, 4.69) is 6.08 Å². The summed E-state index contributed by atoms with van der Waals surface area (Å²) in [5, 5.41) is 8.95. The predicted molar refractivity (Wildman–Crippen MR) is 90.1 cm³/mol. The van der Waals surface area contributed by atoms with Crippen molar-refractivity contribution < 1.29 is 22.7 Å². The van der Waals surface area contributed by atoms with Crippen molar-refractivity contribution in [3.05, 3.63) is 41.5 Å². The number of anilines is 1. The molecule has 0 aromatic heterocycles. The fourth-order valence-electron chi connectivity index (χ4n) is 4.42. The lowest BCUT2D eigenvalue weighted by Crippen LogP contribution is -2.44. The normalized spacial score (nSPS) is 31.8. The van der Waals surface area contributed by atoms with Crippen LogP contribution in [0.25, 0.3) is 0 Å². The number of carbonyl (C=O) groups is 1. The number of esters is 1. The molecule has 4 rings (SSSR count). The number of hydrogen-bond acceptors (Lipinski definition) is 5. The first-order valence-corrected chi connectivity index (χ1v) is 8.93. The van der Waals surface area contributed by atoms with E-state index in [0.717, 1.165) is 12.5 Å². The lowest BCUT2D eigenvalue weighted by molar-refractivity contribution is -0.145. The van der Waals surface area contributed by atoms with Gasteiger partial charge in [-0.1, -0.05) is 12.2 Å². The number of halogens is 3. The van der Waals surface area contributed by atoms with Crippen LogP contribution in [0, 0.1) is 29.1 Å². The molecule has 1 saturated carbocycles. The Hall–Kier alpha value is -2.14. The summed E-state index contributed by atoms with van der Waals surface area (Å²) >= 11 is 1.27. The maximum Gasteiger partial charge on any atom is 0.417 e. The molecule has 1 aliphatic heterocycles. The van der Waals surface area contributed by atoms with E-state index in [1.807, 2.05) is 6.08 Å².